The Hall–Kier alpha value is -1.96. The minimum atomic E-state index is -0.408. The standard InChI is InChI=1S/C12H18N6O2/c1-13-11-10(18(19)20)12(15-8-14-11)17-6-4-16(5-7-17)9-2-3-9/h8-9H,2-7H2,1H3,(H,13,14,15). The van der Waals surface area contributed by atoms with Crippen molar-refractivity contribution >= 4 is 17.3 Å². The molecule has 3 rings (SSSR count). The van der Waals surface area contributed by atoms with Crippen LogP contribution in [0.1, 0.15) is 12.8 Å². The van der Waals surface area contributed by atoms with Crippen molar-refractivity contribution in [1.29, 1.82) is 0 Å². The summed E-state index contributed by atoms with van der Waals surface area (Å²) in [5.41, 5.74) is -0.0325. The highest BCUT2D eigenvalue weighted by atomic mass is 16.6. The summed E-state index contributed by atoms with van der Waals surface area (Å²) in [7, 11) is 1.63. The van der Waals surface area contributed by atoms with Gasteiger partial charge in [0.15, 0.2) is 0 Å². The lowest BCUT2D eigenvalue weighted by Crippen LogP contribution is -2.47. The number of anilines is 2. The average molecular weight is 278 g/mol. The Morgan fingerprint density at radius 3 is 2.55 bits per heavy atom. The van der Waals surface area contributed by atoms with E-state index in [0.717, 1.165) is 32.2 Å². The summed E-state index contributed by atoms with van der Waals surface area (Å²) in [6, 6.07) is 0.741. The fourth-order valence-corrected chi connectivity index (χ4v) is 2.69. The molecule has 0 aromatic carbocycles. The molecule has 8 heteroatoms. The van der Waals surface area contributed by atoms with Crippen LogP contribution in [-0.4, -0.2) is 59.1 Å². The molecule has 0 spiro atoms. The van der Waals surface area contributed by atoms with Gasteiger partial charge in [0.2, 0.25) is 11.6 Å². The van der Waals surface area contributed by atoms with Gasteiger partial charge in [0.25, 0.3) is 0 Å². The van der Waals surface area contributed by atoms with E-state index in [1.807, 2.05) is 4.90 Å². The van der Waals surface area contributed by atoms with Gasteiger partial charge in [-0.1, -0.05) is 0 Å². The second-order valence-electron chi connectivity index (χ2n) is 5.16. The fraction of sp³-hybridized carbons (Fsp3) is 0.667. The highest BCUT2D eigenvalue weighted by Crippen LogP contribution is 2.33. The third-order valence-electron chi connectivity index (χ3n) is 3.90. The van der Waals surface area contributed by atoms with E-state index >= 15 is 0 Å². The minimum Gasteiger partial charge on any atom is -0.367 e. The Morgan fingerprint density at radius 2 is 2.00 bits per heavy atom. The highest BCUT2D eigenvalue weighted by Gasteiger charge is 2.34. The van der Waals surface area contributed by atoms with E-state index in [1.54, 1.807) is 7.05 Å². The maximum atomic E-state index is 11.3. The zero-order valence-electron chi connectivity index (χ0n) is 11.4. The lowest BCUT2D eigenvalue weighted by molar-refractivity contribution is -0.383. The van der Waals surface area contributed by atoms with E-state index < -0.39 is 4.92 Å². The van der Waals surface area contributed by atoms with Crippen LogP contribution in [0, 0.1) is 10.1 Å². The first kappa shape index (κ1) is 13.0. The largest absolute Gasteiger partial charge is 0.367 e. The Balaban J connectivity index is 1.81. The van der Waals surface area contributed by atoms with E-state index in [1.165, 1.54) is 19.2 Å². The lowest BCUT2D eigenvalue weighted by atomic mass is 10.3. The van der Waals surface area contributed by atoms with Gasteiger partial charge < -0.3 is 10.2 Å². The van der Waals surface area contributed by atoms with Gasteiger partial charge in [0.1, 0.15) is 6.33 Å². The smallest absolute Gasteiger partial charge is 0.353 e. The van der Waals surface area contributed by atoms with Crippen LogP contribution < -0.4 is 10.2 Å². The molecule has 2 heterocycles. The normalized spacial score (nSPS) is 19.9. The lowest BCUT2D eigenvalue weighted by Gasteiger charge is -2.35. The monoisotopic (exact) mass is 278 g/mol. The molecule has 2 aliphatic rings. The van der Waals surface area contributed by atoms with Gasteiger partial charge in [-0.25, -0.2) is 9.97 Å². The predicted molar refractivity (Wildman–Crippen MR) is 75.0 cm³/mol. The maximum Gasteiger partial charge on any atom is 0.353 e. The van der Waals surface area contributed by atoms with Crippen LogP contribution >= 0.6 is 0 Å². The SMILES string of the molecule is CNc1ncnc(N2CCN(C3CC3)CC2)c1[N+](=O)[O-]. The molecule has 0 bridgehead atoms. The Morgan fingerprint density at radius 1 is 1.30 bits per heavy atom. The van der Waals surface area contributed by atoms with E-state index in [2.05, 4.69) is 20.2 Å². The molecule has 1 aromatic rings. The topological polar surface area (TPSA) is 87.4 Å². The third kappa shape index (κ3) is 2.38. The molecule has 0 amide bonds. The zero-order chi connectivity index (χ0) is 14.1. The van der Waals surface area contributed by atoms with Crippen molar-refractivity contribution in [3.63, 3.8) is 0 Å². The summed E-state index contributed by atoms with van der Waals surface area (Å²) in [6.45, 7) is 3.44. The van der Waals surface area contributed by atoms with Crippen molar-refractivity contribution in [1.82, 2.24) is 14.9 Å². The first-order chi connectivity index (χ1) is 9.70. The Bertz CT molecular complexity index is 511. The second kappa shape index (κ2) is 5.20. The van der Waals surface area contributed by atoms with Gasteiger partial charge in [0.05, 0.1) is 4.92 Å². The summed E-state index contributed by atoms with van der Waals surface area (Å²) in [5, 5.41) is 14.0. The van der Waals surface area contributed by atoms with Gasteiger partial charge in [-0.15, -0.1) is 0 Å². The number of nitrogens with zero attached hydrogens (tertiary/aromatic N) is 5. The van der Waals surface area contributed by atoms with Crippen LogP contribution in [0.5, 0.6) is 0 Å². The first-order valence-electron chi connectivity index (χ1n) is 6.87. The van der Waals surface area contributed by atoms with Crippen molar-refractivity contribution in [2.24, 2.45) is 0 Å². The van der Waals surface area contributed by atoms with Crippen LogP contribution in [0.15, 0.2) is 6.33 Å². The second-order valence-corrected chi connectivity index (χ2v) is 5.16. The molecule has 1 aromatic heterocycles. The van der Waals surface area contributed by atoms with Crippen molar-refractivity contribution in [2.75, 3.05) is 43.4 Å². The van der Waals surface area contributed by atoms with E-state index in [-0.39, 0.29) is 11.5 Å². The van der Waals surface area contributed by atoms with Crippen LogP contribution in [0.3, 0.4) is 0 Å². The number of nitrogens with one attached hydrogen (secondary N) is 1. The number of piperazine rings is 1. The molecular formula is C12H18N6O2. The molecule has 1 N–H and O–H groups in total. The number of nitro groups is 1. The van der Waals surface area contributed by atoms with Gasteiger partial charge in [-0.2, -0.15) is 0 Å². The molecule has 0 atom stereocenters. The van der Waals surface area contributed by atoms with Gasteiger partial charge >= 0.3 is 5.69 Å². The van der Waals surface area contributed by atoms with Crippen molar-refractivity contribution in [2.45, 2.75) is 18.9 Å². The highest BCUT2D eigenvalue weighted by molar-refractivity contribution is 5.70. The molecule has 0 radical (unpaired) electrons. The van der Waals surface area contributed by atoms with Gasteiger partial charge in [-0.05, 0) is 12.8 Å². The zero-order valence-corrected chi connectivity index (χ0v) is 11.4. The molecule has 0 unspecified atom stereocenters. The Kier molecular flexibility index (Phi) is 3.39. The van der Waals surface area contributed by atoms with Crippen LogP contribution in [0.2, 0.25) is 0 Å². The predicted octanol–water partition coefficient (Wildman–Crippen LogP) is 0.711. The van der Waals surface area contributed by atoms with E-state index in [9.17, 15) is 10.1 Å². The number of hydrogen-bond donors (Lipinski definition) is 1. The number of rotatable bonds is 4. The maximum absolute atomic E-state index is 11.3. The molecule has 1 aliphatic carbocycles. The van der Waals surface area contributed by atoms with Gasteiger partial charge in [-0.3, -0.25) is 15.0 Å². The summed E-state index contributed by atoms with van der Waals surface area (Å²) in [4.78, 5) is 23.4. The Labute approximate surface area is 117 Å². The average Bonchev–Trinajstić information content (AvgIpc) is 3.31. The van der Waals surface area contributed by atoms with Crippen LogP contribution in [0.4, 0.5) is 17.3 Å². The summed E-state index contributed by atoms with van der Waals surface area (Å²) in [5.74, 6) is 0.689. The van der Waals surface area contributed by atoms with E-state index in [0.29, 0.717) is 5.82 Å². The summed E-state index contributed by atoms with van der Waals surface area (Å²) >= 11 is 0. The van der Waals surface area contributed by atoms with Crippen molar-refractivity contribution in [3.8, 4) is 0 Å². The summed E-state index contributed by atoms with van der Waals surface area (Å²) < 4.78 is 0. The minimum absolute atomic E-state index is 0.0325. The third-order valence-corrected chi connectivity index (χ3v) is 3.90. The summed E-state index contributed by atoms with van der Waals surface area (Å²) in [6.07, 6.45) is 3.95. The quantitative estimate of drug-likeness (QED) is 0.641. The van der Waals surface area contributed by atoms with E-state index in [4.69, 9.17) is 0 Å². The van der Waals surface area contributed by atoms with Crippen molar-refractivity contribution < 1.29 is 4.92 Å². The molecule has 1 saturated carbocycles. The molecule has 8 nitrogen and oxygen atoms in total. The van der Waals surface area contributed by atoms with Crippen molar-refractivity contribution in [3.05, 3.63) is 16.4 Å². The molecule has 2 fully saturated rings. The molecular weight excluding hydrogens is 260 g/mol. The fourth-order valence-electron chi connectivity index (χ4n) is 2.69. The van der Waals surface area contributed by atoms with Crippen LogP contribution in [0.25, 0.3) is 0 Å². The molecule has 20 heavy (non-hydrogen) atoms. The molecule has 1 saturated heterocycles. The van der Waals surface area contributed by atoms with Crippen LogP contribution in [-0.2, 0) is 0 Å². The molecule has 1 aliphatic heterocycles. The molecule has 108 valence electrons. The first-order valence-corrected chi connectivity index (χ1v) is 6.87. The van der Waals surface area contributed by atoms with Gasteiger partial charge in [0, 0.05) is 39.3 Å². The number of aromatic nitrogens is 2. The number of hydrogen-bond acceptors (Lipinski definition) is 7.